The Morgan fingerprint density at radius 1 is 1.45 bits per heavy atom. The van der Waals surface area contributed by atoms with Crippen LogP contribution in [0.3, 0.4) is 0 Å². The van der Waals surface area contributed by atoms with Crippen molar-refractivity contribution in [1.29, 1.82) is 0 Å². The van der Waals surface area contributed by atoms with E-state index in [1.807, 2.05) is 0 Å². The molecule has 0 radical (unpaired) electrons. The molecule has 20 heavy (non-hydrogen) atoms. The minimum Gasteiger partial charge on any atom is -0.370 e. The summed E-state index contributed by atoms with van der Waals surface area (Å²) in [4.78, 5) is 19.8. The lowest BCUT2D eigenvalue weighted by atomic mass is 10.2. The lowest BCUT2D eigenvalue weighted by Gasteiger charge is -2.12. The topological polar surface area (TPSA) is 92.4 Å². The summed E-state index contributed by atoms with van der Waals surface area (Å²) >= 11 is 0. The number of rotatable bonds is 5. The molecule has 4 N–H and O–H groups in total. The van der Waals surface area contributed by atoms with Gasteiger partial charge in [0, 0.05) is 25.0 Å². The maximum atomic E-state index is 11.7. The van der Waals surface area contributed by atoms with Gasteiger partial charge in [-0.05, 0) is 25.0 Å². The molecule has 1 aliphatic carbocycles. The van der Waals surface area contributed by atoms with Gasteiger partial charge in [-0.15, -0.1) is 0 Å². The van der Waals surface area contributed by atoms with Gasteiger partial charge in [0.15, 0.2) is 5.96 Å². The number of hydrogen-bond donors (Lipinski definition) is 3. The number of pyridine rings is 1. The van der Waals surface area contributed by atoms with Gasteiger partial charge in [0.1, 0.15) is 0 Å². The molecule has 0 unspecified atom stereocenters. The second-order valence-electron chi connectivity index (χ2n) is 4.89. The molecule has 6 nitrogen and oxygen atoms in total. The molecule has 1 saturated carbocycles. The second kappa shape index (κ2) is 7.47. The van der Waals surface area contributed by atoms with Crippen LogP contribution < -0.4 is 16.4 Å². The number of nitrogens with two attached hydrogens (primary N) is 1. The van der Waals surface area contributed by atoms with E-state index in [0.29, 0.717) is 30.7 Å². The third kappa shape index (κ3) is 4.53. The Balaban J connectivity index is 1.66. The van der Waals surface area contributed by atoms with Gasteiger partial charge in [-0.3, -0.25) is 14.8 Å². The Morgan fingerprint density at radius 2 is 2.25 bits per heavy atom. The second-order valence-corrected chi connectivity index (χ2v) is 4.89. The number of guanidine groups is 1. The minimum absolute atomic E-state index is 0.143. The molecule has 0 spiro atoms. The van der Waals surface area contributed by atoms with Crippen molar-refractivity contribution < 1.29 is 4.79 Å². The SMILES string of the molecule is NC(=NCCNC(=O)c1cccnc1)NC1CCCC1. The Morgan fingerprint density at radius 3 is 2.95 bits per heavy atom. The Labute approximate surface area is 118 Å². The first kappa shape index (κ1) is 14.3. The predicted molar refractivity (Wildman–Crippen MR) is 78.5 cm³/mol. The highest BCUT2D eigenvalue weighted by atomic mass is 16.1. The highest BCUT2D eigenvalue weighted by Crippen LogP contribution is 2.17. The van der Waals surface area contributed by atoms with E-state index < -0.39 is 0 Å². The summed E-state index contributed by atoms with van der Waals surface area (Å²) < 4.78 is 0. The van der Waals surface area contributed by atoms with E-state index in [-0.39, 0.29) is 5.91 Å². The number of nitrogens with zero attached hydrogens (tertiary/aromatic N) is 2. The maximum absolute atomic E-state index is 11.7. The van der Waals surface area contributed by atoms with Crippen molar-refractivity contribution in [2.45, 2.75) is 31.7 Å². The average Bonchev–Trinajstić information content (AvgIpc) is 2.97. The average molecular weight is 275 g/mol. The van der Waals surface area contributed by atoms with Crippen LogP contribution in [-0.4, -0.2) is 36.0 Å². The Kier molecular flexibility index (Phi) is 5.34. The van der Waals surface area contributed by atoms with Gasteiger partial charge in [0.25, 0.3) is 5.91 Å². The molecule has 1 amide bonds. The molecule has 0 aliphatic heterocycles. The molecule has 0 saturated heterocycles. The summed E-state index contributed by atoms with van der Waals surface area (Å²) in [5, 5.41) is 5.98. The molecule has 0 bridgehead atoms. The molecule has 2 rings (SSSR count). The Bertz CT molecular complexity index is 454. The molecular weight excluding hydrogens is 254 g/mol. The van der Waals surface area contributed by atoms with Crippen molar-refractivity contribution in [3.8, 4) is 0 Å². The highest BCUT2D eigenvalue weighted by Gasteiger charge is 2.14. The summed E-state index contributed by atoms with van der Waals surface area (Å²) in [6.45, 7) is 0.929. The molecule has 1 aliphatic rings. The van der Waals surface area contributed by atoms with Crippen molar-refractivity contribution in [1.82, 2.24) is 15.6 Å². The van der Waals surface area contributed by atoms with E-state index in [1.165, 1.54) is 19.0 Å². The summed E-state index contributed by atoms with van der Waals surface area (Å²) in [6.07, 6.45) is 8.01. The maximum Gasteiger partial charge on any atom is 0.252 e. The van der Waals surface area contributed by atoms with E-state index in [9.17, 15) is 4.79 Å². The number of carbonyl (C=O) groups is 1. The highest BCUT2D eigenvalue weighted by molar-refractivity contribution is 5.93. The Hall–Kier alpha value is -2.11. The number of hydrogen-bond acceptors (Lipinski definition) is 3. The molecule has 1 heterocycles. The first-order valence-corrected chi connectivity index (χ1v) is 7.00. The molecular formula is C14H21N5O. The predicted octanol–water partition coefficient (Wildman–Crippen LogP) is 0.658. The zero-order valence-corrected chi connectivity index (χ0v) is 11.5. The molecule has 1 aromatic rings. The normalized spacial score (nSPS) is 16.1. The summed E-state index contributed by atoms with van der Waals surface area (Å²) in [6, 6.07) is 3.92. The van der Waals surface area contributed by atoms with Crippen molar-refractivity contribution in [2.24, 2.45) is 10.7 Å². The third-order valence-electron chi connectivity index (χ3n) is 3.31. The van der Waals surface area contributed by atoms with E-state index in [1.54, 1.807) is 18.3 Å². The molecule has 1 aromatic heterocycles. The van der Waals surface area contributed by atoms with E-state index >= 15 is 0 Å². The molecule has 108 valence electrons. The quantitative estimate of drug-likeness (QED) is 0.418. The van der Waals surface area contributed by atoms with Gasteiger partial charge in [-0.1, -0.05) is 12.8 Å². The fourth-order valence-electron chi connectivity index (χ4n) is 2.27. The lowest BCUT2D eigenvalue weighted by molar-refractivity contribution is 0.0954. The smallest absolute Gasteiger partial charge is 0.252 e. The van der Waals surface area contributed by atoms with Gasteiger partial charge >= 0.3 is 0 Å². The van der Waals surface area contributed by atoms with Gasteiger partial charge in [0.2, 0.25) is 0 Å². The van der Waals surface area contributed by atoms with Crippen molar-refractivity contribution in [2.75, 3.05) is 13.1 Å². The van der Waals surface area contributed by atoms with E-state index in [2.05, 4.69) is 20.6 Å². The lowest BCUT2D eigenvalue weighted by Crippen LogP contribution is -2.39. The standard InChI is InChI=1S/C14H21N5O/c15-14(19-12-5-1-2-6-12)18-9-8-17-13(20)11-4-3-7-16-10-11/h3-4,7,10,12H,1-2,5-6,8-9H2,(H,17,20)(H3,15,18,19). The van der Waals surface area contributed by atoms with Crippen LogP contribution in [0.5, 0.6) is 0 Å². The molecule has 1 fully saturated rings. The van der Waals surface area contributed by atoms with E-state index in [4.69, 9.17) is 5.73 Å². The van der Waals surface area contributed by atoms with Crippen LogP contribution in [0.1, 0.15) is 36.0 Å². The number of amides is 1. The fraction of sp³-hybridized carbons (Fsp3) is 0.500. The number of aliphatic imine (C=N–C) groups is 1. The molecule has 6 heteroatoms. The third-order valence-corrected chi connectivity index (χ3v) is 3.31. The van der Waals surface area contributed by atoms with Gasteiger partial charge < -0.3 is 16.4 Å². The summed E-state index contributed by atoms with van der Waals surface area (Å²) in [7, 11) is 0. The van der Waals surface area contributed by atoms with Crippen LogP contribution in [0, 0.1) is 0 Å². The molecule has 0 aromatic carbocycles. The number of nitrogens with one attached hydrogen (secondary N) is 2. The fourth-order valence-corrected chi connectivity index (χ4v) is 2.27. The van der Waals surface area contributed by atoms with Crippen LogP contribution in [0.15, 0.2) is 29.5 Å². The number of carbonyl (C=O) groups excluding carboxylic acids is 1. The molecule has 0 atom stereocenters. The zero-order chi connectivity index (χ0) is 14.2. The van der Waals surface area contributed by atoms with Gasteiger partial charge in [-0.2, -0.15) is 0 Å². The first-order chi connectivity index (χ1) is 9.75. The zero-order valence-electron chi connectivity index (χ0n) is 11.5. The van der Waals surface area contributed by atoms with Crippen LogP contribution in [0.2, 0.25) is 0 Å². The van der Waals surface area contributed by atoms with Gasteiger partial charge in [0.05, 0.1) is 12.1 Å². The summed E-state index contributed by atoms with van der Waals surface area (Å²) in [5.41, 5.74) is 6.35. The van der Waals surface area contributed by atoms with Crippen molar-refractivity contribution in [3.63, 3.8) is 0 Å². The van der Waals surface area contributed by atoms with Crippen LogP contribution in [0.25, 0.3) is 0 Å². The first-order valence-electron chi connectivity index (χ1n) is 7.00. The largest absolute Gasteiger partial charge is 0.370 e. The van der Waals surface area contributed by atoms with Crippen LogP contribution in [0.4, 0.5) is 0 Å². The van der Waals surface area contributed by atoms with Crippen LogP contribution in [-0.2, 0) is 0 Å². The van der Waals surface area contributed by atoms with E-state index in [0.717, 1.165) is 12.8 Å². The van der Waals surface area contributed by atoms with Gasteiger partial charge in [-0.25, -0.2) is 0 Å². The summed E-state index contributed by atoms with van der Waals surface area (Å²) in [5.74, 6) is 0.322. The van der Waals surface area contributed by atoms with Crippen molar-refractivity contribution >= 4 is 11.9 Å². The van der Waals surface area contributed by atoms with Crippen molar-refractivity contribution in [3.05, 3.63) is 30.1 Å². The monoisotopic (exact) mass is 275 g/mol. The minimum atomic E-state index is -0.143. The van der Waals surface area contributed by atoms with Crippen LogP contribution >= 0.6 is 0 Å². The number of aromatic nitrogens is 1.